The molecule has 0 unspecified atom stereocenters. The topological polar surface area (TPSA) is 51.0 Å². The molecule has 2 heterocycles. The smallest absolute Gasteiger partial charge is 0.196 e. The summed E-state index contributed by atoms with van der Waals surface area (Å²) in [6.07, 6.45) is 1.08. The van der Waals surface area contributed by atoms with Crippen LogP contribution < -0.4 is 5.32 Å². The number of rotatable bonds is 5. The van der Waals surface area contributed by atoms with Gasteiger partial charge in [0, 0.05) is 17.5 Å². The minimum Gasteiger partial charge on any atom is -0.450 e. The van der Waals surface area contributed by atoms with Gasteiger partial charge in [0.2, 0.25) is 0 Å². The molecule has 2 aromatic heterocycles. The molecular formula is C21H21N3O. The minimum atomic E-state index is 0.633. The van der Waals surface area contributed by atoms with Crippen molar-refractivity contribution in [2.24, 2.45) is 5.92 Å². The molecule has 4 aromatic rings. The first-order valence-electron chi connectivity index (χ1n) is 8.71. The van der Waals surface area contributed by atoms with E-state index in [9.17, 15) is 0 Å². The molecule has 126 valence electrons. The number of hydrogen-bond acceptors (Lipinski definition) is 4. The lowest BCUT2D eigenvalue weighted by Crippen LogP contribution is -2.07. The van der Waals surface area contributed by atoms with Crippen molar-refractivity contribution in [2.45, 2.75) is 20.3 Å². The van der Waals surface area contributed by atoms with Crippen LogP contribution in [0.4, 0.5) is 5.82 Å². The van der Waals surface area contributed by atoms with Crippen molar-refractivity contribution >= 4 is 27.9 Å². The molecule has 0 aliphatic heterocycles. The summed E-state index contributed by atoms with van der Waals surface area (Å²) in [4.78, 5) is 9.54. The standard InChI is InChI=1S/C21H21N3O/c1-14(2)12-13-22-21-19-18(16-10-6-7-11-17(16)25-19)23-20(24-21)15-8-4-3-5-9-15/h3-11,14H,12-13H2,1-2H3,(H,22,23,24). The van der Waals surface area contributed by atoms with Crippen LogP contribution in [0.1, 0.15) is 20.3 Å². The van der Waals surface area contributed by atoms with Gasteiger partial charge in [-0.25, -0.2) is 9.97 Å². The first-order valence-corrected chi connectivity index (χ1v) is 8.71. The highest BCUT2D eigenvalue weighted by Crippen LogP contribution is 2.33. The zero-order chi connectivity index (χ0) is 17.2. The molecule has 0 saturated heterocycles. The predicted octanol–water partition coefficient (Wildman–Crippen LogP) is 5.50. The molecule has 0 spiro atoms. The van der Waals surface area contributed by atoms with E-state index in [1.165, 1.54) is 0 Å². The van der Waals surface area contributed by atoms with Crippen molar-refractivity contribution in [3.05, 3.63) is 54.6 Å². The van der Waals surface area contributed by atoms with Gasteiger partial charge >= 0.3 is 0 Å². The van der Waals surface area contributed by atoms with Gasteiger partial charge in [0.25, 0.3) is 0 Å². The molecule has 0 aliphatic rings. The highest BCUT2D eigenvalue weighted by atomic mass is 16.3. The van der Waals surface area contributed by atoms with Crippen molar-refractivity contribution in [1.29, 1.82) is 0 Å². The van der Waals surface area contributed by atoms with E-state index in [1.807, 2.05) is 54.6 Å². The number of furan rings is 1. The Labute approximate surface area is 146 Å². The van der Waals surface area contributed by atoms with Crippen LogP contribution in [-0.2, 0) is 0 Å². The quantitative estimate of drug-likeness (QED) is 0.524. The number of aromatic nitrogens is 2. The third-order valence-corrected chi connectivity index (χ3v) is 4.27. The van der Waals surface area contributed by atoms with Crippen molar-refractivity contribution in [2.75, 3.05) is 11.9 Å². The fraction of sp³-hybridized carbons (Fsp3) is 0.238. The van der Waals surface area contributed by atoms with Crippen LogP contribution in [0, 0.1) is 5.92 Å². The maximum Gasteiger partial charge on any atom is 0.196 e. The Hall–Kier alpha value is -2.88. The van der Waals surface area contributed by atoms with Gasteiger partial charge in [-0.1, -0.05) is 56.3 Å². The van der Waals surface area contributed by atoms with Crippen molar-refractivity contribution in [3.8, 4) is 11.4 Å². The predicted molar refractivity (Wildman–Crippen MR) is 103 cm³/mol. The Morgan fingerprint density at radius 3 is 2.52 bits per heavy atom. The molecule has 1 N–H and O–H groups in total. The van der Waals surface area contributed by atoms with Gasteiger partial charge in [0.1, 0.15) is 11.1 Å². The Morgan fingerprint density at radius 1 is 0.960 bits per heavy atom. The van der Waals surface area contributed by atoms with Crippen LogP contribution in [0.25, 0.3) is 33.5 Å². The van der Waals surface area contributed by atoms with E-state index >= 15 is 0 Å². The molecule has 0 saturated carbocycles. The summed E-state index contributed by atoms with van der Waals surface area (Å²) in [6, 6.07) is 18.1. The van der Waals surface area contributed by atoms with Crippen LogP contribution in [0.3, 0.4) is 0 Å². The SMILES string of the molecule is CC(C)CCNc1nc(-c2ccccc2)nc2c1oc1ccccc12. The van der Waals surface area contributed by atoms with E-state index in [-0.39, 0.29) is 0 Å². The van der Waals surface area contributed by atoms with E-state index in [0.717, 1.165) is 46.4 Å². The van der Waals surface area contributed by atoms with Crippen LogP contribution >= 0.6 is 0 Å². The van der Waals surface area contributed by atoms with E-state index in [1.54, 1.807) is 0 Å². The molecule has 4 nitrogen and oxygen atoms in total. The van der Waals surface area contributed by atoms with E-state index < -0.39 is 0 Å². The Bertz CT molecular complexity index is 1010. The number of benzene rings is 2. The lowest BCUT2D eigenvalue weighted by Gasteiger charge is -2.09. The van der Waals surface area contributed by atoms with Crippen molar-refractivity contribution in [1.82, 2.24) is 9.97 Å². The summed E-state index contributed by atoms with van der Waals surface area (Å²) in [5.74, 6) is 2.11. The summed E-state index contributed by atoms with van der Waals surface area (Å²) >= 11 is 0. The normalized spacial score (nSPS) is 11.5. The van der Waals surface area contributed by atoms with Gasteiger partial charge in [0.15, 0.2) is 17.2 Å². The first kappa shape index (κ1) is 15.6. The molecule has 0 amide bonds. The lowest BCUT2D eigenvalue weighted by atomic mass is 10.1. The van der Waals surface area contributed by atoms with Gasteiger partial charge in [-0.15, -0.1) is 0 Å². The minimum absolute atomic E-state index is 0.633. The van der Waals surface area contributed by atoms with Crippen LogP contribution in [-0.4, -0.2) is 16.5 Å². The molecule has 4 rings (SSSR count). The maximum atomic E-state index is 6.04. The number of para-hydroxylation sites is 1. The maximum absolute atomic E-state index is 6.04. The second kappa shape index (κ2) is 6.55. The molecule has 4 heteroatoms. The molecule has 0 fully saturated rings. The molecule has 0 bridgehead atoms. The van der Waals surface area contributed by atoms with Gasteiger partial charge in [0.05, 0.1) is 0 Å². The highest BCUT2D eigenvalue weighted by molar-refractivity contribution is 6.06. The van der Waals surface area contributed by atoms with Crippen LogP contribution in [0.5, 0.6) is 0 Å². The molecule has 25 heavy (non-hydrogen) atoms. The van der Waals surface area contributed by atoms with Crippen molar-refractivity contribution in [3.63, 3.8) is 0 Å². The summed E-state index contributed by atoms with van der Waals surface area (Å²) in [5.41, 5.74) is 3.42. The number of fused-ring (bicyclic) bond motifs is 3. The molecule has 0 atom stereocenters. The second-order valence-electron chi connectivity index (χ2n) is 6.65. The average Bonchev–Trinajstić information content (AvgIpc) is 3.01. The van der Waals surface area contributed by atoms with Gasteiger partial charge in [-0.3, -0.25) is 0 Å². The zero-order valence-electron chi connectivity index (χ0n) is 14.5. The van der Waals surface area contributed by atoms with Gasteiger partial charge in [-0.2, -0.15) is 0 Å². The largest absolute Gasteiger partial charge is 0.450 e. The lowest BCUT2D eigenvalue weighted by molar-refractivity contribution is 0.605. The monoisotopic (exact) mass is 331 g/mol. The fourth-order valence-electron chi connectivity index (χ4n) is 2.91. The van der Waals surface area contributed by atoms with E-state index in [0.29, 0.717) is 11.7 Å². The highest BCUT2D eigenvalue weighted by Gasteiger charge is 2.16. The number of nitrogens with zero attached hydrogens (tertiary/aromatic N) is 2. The second-order valence-corrected chi connectivity index (χ2v) is 6.65. The van der Waals surface area contributed by atoms with E-state index in [4.69, 9.17) is 14.4 Å². The third kappa shape index (κ3) is 3.07. The Kier molecular flexibility index (Phi) is 4.10. The Morgan fingerprint density at radius 2 is 1.72 bits per heavy atom. The molecule has 0 aliphatic carbocycles. The summed E-state index contributed by atoms with van der Waals surface area (Å²) in [5, 5.41) is 4.46. The molecular weight excluding hydrogens is 310 g/mol. The van der Waals surface area contributed by atoms with Crippen LogP contribution in [0.2, 0.25) is 0 Å². The van der Waals surface area contributed by atoms with Gasteiger partial charge < -0.3 is 9.73 Å². The van der Waals surface area contributed by atoms with E-state index in [2.05, 4.69) is 19.2 Å². The Balaban J connectivity index is 1.87. The molecule has 0 radical (unpaired) electrons. The molecule has 2 aromatic carbocycles. The number of nitrogens with one attached hydrogen (secondary N) is 1. The fourth-order valence-corrected chi connectivity index (χ4v) is 2.91. The van der Waals surface area contributed by atoms with Gasteiger partial charge in [-0.05, 0) is 24.5 Å². The van der Waals surface area contributed by atoms with Crippen LogP contribution in [0.15, 0.2) is 59.0 Å². The first-order chi connectivity index (χ1) is 12.2. The zero-order valence-corrected chi connectivity index (χ0v) is 14.5. The summed E-state index contributed by atoms with van der Waals surface area (Å²) < 4.78 is 6.04. The number of anilines is 1. The average molecular weight is 331 g/mol. The summed E-state index contributed by atoms with van der Waals surface area (Å²) in [6.45, 7) is 5.29. The van der Waals surface area contributed by atoms with Crippen molar-refractivity contribution < 1.29 is 4.42 Å². The third-order valence-electron chi connectivity index (χ3n) is 4.27. The summed E-state index contributed by atoms with van der Waals surface area (Å²) in [7, 11) is 0. The number of hydrogen-bond donors (Lipinski definition) is 1.